The Hall–Kier alpha value is -1.63. The molecule has 0 aliphatic heterocycles. The summed E-state index contributed by atoms with van der Waals surface area (Å²) < 4.78 is 25.3. The van der Waals surface area contributed by atoms with Crippen molar-refractivity contribution in [3.63, 3.8) is 0 Å². The molecule has 0 heterocycles. The van der Waals surface area contributed by atoms with Crippen LogP contribution < -0.4 is 14.8 Å². The Bertz CT molecular complexity index is 721. The van der Waals surface area contributed by atoms with E-state index in [1.54, 1.807) is 19.2 Å². The van der Waals surface area contributed by atoms with Crippen molar-refractivity contribution in [2.24, 2.45) is 0 Å². The molecule has 0 saturated heterocycles. The summed E-state index contributed by atoms with van der Waals surface area (Å²) in [6, 6.07) is 10.3. The quantitative estimate of drug-likeness (QED) is 0.459. The minimum Gasteiger partial charge on any atom is -0.493 e. The van der Waals surface area contributed by atoms with Gasteiger partial charge >= 0.3 is 0 Å². The van der Waals surface area contributed by atoms with E-state index >= 15 is 0 Å². The first-order valence-electron chi connectivity index (χ1n) is 9.74. The van der Waals surface area contributed by atoms with Crippen molar-refractivity contribution in [3.05, 3.63) is 57.8 Å². The van der Waals surface area contributed by atoms with Gasteiger partial charge in [0, 0.05) is 6.54 Å². The third kappa shape index (κ3) is 7.08. The van der Waals surface area contributed by atoms with Crippen LogP contribution in [0.5, 0.6) is 11.5 Å². The summed E-state index contributed by atoms with van der Waals surface area (Å²) in [5, 5.41) is 3.49. The zero-order valence-corrected chi connectivity index (χ0v) is 18.5. The summed E-state index contributed by atoms with van der Waals surface area (Å²) >= 11 is 3.58. The van der Waals surface area contributed by atoms with Crippen LogP contribution in [0.15, 0.2) is 40.9 Å². The summed E-state index contributed by atoms with van der Waals surface area (Å²) in [6.07, 6.45) is 1.12. The number of nitrogens with zero attached hydrogens (tertiary/aromatic N) is 1. The summed E-state index contributed by atoms with van der Waals surface area (Å²) in [7, 11) is 1.63. The number of hydrogen-bond acceptors (Lipinski definition) is 4. The van der Waals surface area contributed by atoms with E-state index in [1.165, 1.54) is 12.1 Å². The predicted octanol–water partition coefficient (Wildman–Crippen LogP) is 5.00. The van der Waals surface area contributed by atoms with Crippen molar-refractivity contribution >= 4 is 15.9 Å². The fourth-order valence-electron chi connectivity index (χ4n) is 2.95. The van der Waals surface area contributed by atoms with E-state index in [0.717, 1.165) is 54.7 Å². The highest BCUT2D eigenvalue weighted by Crippen LogP contribution is 2.37. The fourth-order valence-corrected chi connectivity index (χ4v) is 3.56. The van der Waals surface area contributed by atoms with E-state index in [-0.39, 0.29) is 5.82 Å². The van der Waals surface area contributed by atoms with E-state index in [1.807, 2.05) is 12.1 Å². The van der Waals surface area contributed by atoms with Gasteiger partial charge in [-0.15, -0.1) is 0 Å². The van der Waals surface area contributed by atoms with Gasteiger partial charge in [-0.25, -0.2) is 4.39 Å². The molecule has 0 aromatic heterocycles. The zero-order valence-electron chi connectivity index (χ0n) is 16.9. The standard InChI is InChI=1S/C22H30BrFN2O2/c1-4-26(5-2)12-6-11-25-15-18-13-20(23)22(21(14-18)27-3)28-16-17-7-9-19(24)10-8-17/h7-10,13-14,25H,4-6,11-12,15-16H2,1-3H3. The Kier molecular flexibility index (Phi) is 9.75. The minimum absolute atomic E-state index is 0.253. The van der Waals surface area contributed by atoms with Gasteiger partial charge in [0.15, 0.2) is 11.5 Å². The highest BCUT2D eigenvalue weighted by Gasteiger charge is 2.12. The Morgan fingerprint density at radius 1 is 1.07 bits per heavy atom. The first-order chi connectivity index (χ1) is 13.6. The molecule has 0 aliphatic rings. The van der Waals surface area contributed by atoms with Gasteiger partial charge in [0.05, 0.1) is 11.6 Å². The molecular formula is C22H30BrFN2O2. The number of halogens is 2. The van der Waals surface area contributed by atoms with Crippen LogP contribution in [0.3, 0.4) is 0 Å². The van der Waals surface area contributed by atoms with Crippen LogP contribution in [0.4, 0.5) is 4.39 Å². The van der Waals surface area contributed by atoms with Crippen LogP contribution in [0.1, 0.15) is 31.4 Å². The summed E-state index contributed by atoms with van der Waals surface area (Å²) in [5.74, 6) is 1.07. The Morgan fingerprint density at radius 3 is 2.43 bits per heavy atom. The van der Waals surface area contributed by atoms with Crippen molar-refractivity contribution in [1.29, 1.82) is 0 Å². The molecule has 0 saturated carbocycles. The van der Waals surface area contributed by atoms with E-state index in [4.69, 9.17) is 9.47 Å². The first-order valence-corrected chi connectivity index (χ1v) is 10.5. The van der Waals surface area contributed by atoms with Crippen molar-refractivity contribution in [3.8, 4) is 11.5 Å². The van der Waals surface area contributed by atoms with Gasteiger partial charge < -0.3 is 19.7 Å². The number of methoxy groups -OCH3 is 1. The molecule has 2 rings (SSSR count). The van der Waals surface area contributed by atoms with Crippen molar-refractivity contribution in [2.45, 2.75) is 33.4 Å². The molecule has 154 valence electrons. The monoisotopic (exact) mass is 452 g/mol. The second-order valence-corrected chi connectivity index (χ2v) is 7.44. The molecule has 0 aliphatic carbocycles. The van der Waals surface area contributed by atoms with Crippen LogP contribution in [-0.4, -0.2) is 38.2 Å². The van der Waals surface area contributed by atoms with Crippen LogP contribution >= 0.6 is 15.9 Å². The van der Waals surface area contributed by atoms with Gasteiger partial charge in [-0.05, 0) is 83.9 Å². The predicted molar refractivity (Wildman–Crippen MR) is 116 cm³/mol. The molecule has 0 spiro atoms. The molecule has 4 nitrogen and oxygen atoms in total. The van der Waals surface area contributed by atoms with Crippen molar-refractivity contribution < 1.29 is 13.9 Å². The Labute approximate surface area is 176 Å². The summed E-state index contributed by atoms with van der Waals surface area (Å²) in [6.45, 7) is 9.78. The van der Waals surface area contributed by atoms with E-state index < -0.39 is 0 Å². The molecule has 2 aromatic carbocycles. The maximum absolute atomic E-state index is 13.0. The average molecular weight is 453 g/mol. The van der Waals surface area contributed by atoms with Crippen molar-refractivity contribution in [1.82, 2.24) is 10.2 Å². The van der Waals surface area contributed by atoms with Gasteiger partial charge in [0.25, 0.3) is 0 Å². The lowest BCUT2D eigenvalue weighted by Crippen LogP contribution is -2.27. The smallest absolute Gasteiger partial charge is 0.175 e. The van der Waals surface area contributed by atoms with Crippen LogP contribution in [0, 0.1) is 5.82 Å². The van der Waals surface area contributed by atoms with Gasteiger partial charge in [0.2, 0.25) is 0 Å². The van der Waals surface area contributed by atoms with Crippen LogP contribution in [0.25, 0.3) is 0 Å². The van der Waals surface area contributed by atoms with Crippen LogP contribution in [0.2, 0.25) is 0 Å². The second kappa shape index (κ2) is 12.0. The van der Waals surface area contributed by atoms with E-state index in [2.05, 4.69) is 40.0 Å². The molecule has 2 aromatic rings. The number of rotatable bonds is 12. The SMILES string of the molecule is CCN(CC)CCCNCc1cc(Br)c(OCc2ccc(F)cc2)c(OC)c1. The highest BCUT2D eigenvalue weighted by molar-refractivity contribution is 9.10. The molecule has 0 bridgehead atoms. The molecule has 28 heavy (non-hydrogen) atoms. The lowest BCUT2D eigenvalue weighted by atomic mass is 10.2. The Morgan fingerprint density at radius 2 is 1.79 bits per heavy atom. The number of ether oxygens (including phenoxy) is 2. The highest BCUT2D eigenvalue weighted by atomic mass is 79.9. The third-order valence-electron chi connectivity index (χ3n) is 4.64. The normalized spacial score (nSPS) is 11.1. The van der Waals surface area contributed by atoms with Gasteiger partial charge in [-0.3, -0.25) is 0 Å². The molecular weight excluding hydrogens is 423 g/mol. The molecule has 0 unspecified atom stereocenters. The topological polar surface area (TPSA) is 33.7 Å². The van der Waals surface area contributed by atoms with Gasteiger partial charge in [0.1, 0.15) is 12.4 Å². The van der Waals surface area contributed by atoms with Crippen LogP contribution in [-0.2, 0) is 13.2 Å². The fraction of sp³-hybridized carbons (Fsp3) is 0.455. The van der Waals surface area contributed by atoms with E-state index in [9.17, 15) is 4.39 Å². The Balaban J connectivity index is 1.90. The maximum Gasteiger partial charge on any atom is 0.175 e. The van der Waals surface area contributed by atoms with Gasteiger partial charge in [-0.2, -0.15) is 0 Å². The largest absolute Gasteiger partial charge is 0.493 e. The van der Waals surface area contributed by atoms with E-state index in [0.29, 0.717) is 18.1 Å². The number of nitrogens with one attached hydrogen (secondary N) is 1. The maximum atomic E-state index is 13.0. The molecule has 0 radical (unpaired) electrons. The lowest BCUT2D eigenvalue weighted by Gasteiger charge is -2.18. The molecule has 0 fully saturated rings. The third-order valence-corrected chi connectivity index (χ3v) is 5.23. The zero-order chi connectivity index (χ0) is 20.4. The summed E-state index contributed by atoms with van der Waals surface area (Å²) in [4.78, 5) is 2.43. The van der Waals surface area contributed by atoms with Crippen molar-refractivity contribution in [2.75, 3.05) is 33.3 Å². The second-order valence-electron chi connectivity index (χ2n) is 6.58. The first kappa shape index (κ1) is 22.7. The lowest BCUT2D eigenvalue weighted by molar-refractivity contribution is 0.282. The minimum atomic E-state index is -0.253. The molecule has 6 heteroatoms. The molecule has 0 atom stereocenters. The molecule has 1 N–H and O–H groups in total. The summed E-state index contributed by atoms with van der Waals surface area (Å²) in [5.41, 5.74) is 2.02. The molecule has 0 amide bonds. The number of hydrogen-bond donors (Lipinski definition) is 1. The number of benzene rings is 2. The van der Waals surface area contributed by atoms with Gasteiger partial charge in [-0.1, -0.05) is 26.0 Å². The average Bonchev–Trinajstić information content (AvgIpc) is 2.70.